The largest absolute Gasteiger partial charge is 0.382 e. The fourth-order valence-corrected chi connectivity index (χ4v) is 0.683. The van der Waals surface area contributed by atoms with Crippen molar-refractivity contribution in [3.8, 4) is 0 Å². The molecule has 0 saturated heterocycles. The molecule has 0 saturated carbocycles. The normalized spacial score (nSPS) is 8.25. The average Bonchev–Trinajstić information content (AvgIpc) is 2.08. The van der Waals surface area contributed by atoms with Gasteiger partial charge in [-0.05, 0) is 24.6 Å². The van der Waals surface area contributed by atoms with Gasteiger partial charge in [0.05, 0.1) is 0 Å². The van der Waals surface area contributed by atoms with E-state index in [1.165, 1.54) is 0 Å². The number of aromatic nitrogens is 1. The molecule has 1 heterocycles. The molecule has 0 aliphatic rings. The number of hydrogen-bond acceptors (Lipinski definition) is 2. The van der Waals surface area contributed by atoms with Gasteiger partial charge in [-0.3, -0.25) is 10.4 Å². The number of nitrogens with two attached hydrogens (primary N) is 1. The average molecular weight is 165 g/mol. The van der Waals surface area contributed by atoms with Crippen LogP contribution in [0.3, 0.4) is 0 Å². The van der Waals surface area contributed by atoms with Crippen LogP contribution in [-0.4, -0.2) is 10.8 Å². The second-order valence-corrected chi connectivity index (χ2v) is 2.13. The van der Waals surface area contributed by atoms with Gasteiger partial charge in [0, 0.05) is 6.20 Å². The van der Waals surface area contributed by atoms with Crippen molar-refractivity contribution in [1.82, 2.24) is 4.98 Å². The quantitative estimate of drug-likeness (QED) is 0.491. The fraction of sp³-hybridized carbons (Fsp3) is 0.333. The first kappa shape index (κ1) is 10.6. The molecule has 1 aromatic rings. The molecule has 0 aliphatic carbocycles. The maximum absolute atomic E-state index is 7.05. The molecule has 0 bridgehead atoms. The smallest absolute Gasteiger partial charge is 0.141 e. The van der Waals surface area contributed by atoms with Gasteiger partial charge >= 0.3 is 0 Å². The number of aryl methyl sites for hydroxylation is 1. The summed E-state index contributed by atoms with van der Waals surface area (Å²) < 4.78 is 0. The molecule has 0 radical (unpaired) electrons. The summed E-state index contributed by atoms with van der Waals surface area (Å²) in [7, 11) is 0. The van der Waals surface area contributed by atoms with E-state index in [1.807, 2.05) is 26.8 Å². The lowest BCUT2D eigenvalue weighted by Crippen LogP contribution is -2.12. The summed E-state index contributed by atoms with van der Waals surface area (Å²) in [6.07, 6.45) is 1.64. The topological polar surface area (TPSA) is 62.8 Å². The zero-order chi connectivity index (χ0) is 9.56. The molecule has 0 aromatic carbocycles. The minimum absolute atomic E-state index is 0.0173. The lowest BCUT2D eigenvalue weighted by Gasteiger charge is -1.96. The first-order valence-electron chi connectivity index (χ1n) is 3.97. The van der Waals surface area contributed by atoms with Crippen LogP contribution in [0.15, 0.2) is 18.3 Å². The van der Waals surface area contributed by atoms with Crippen LogP contribution < -0.4 is 5.73 Å². The van der Waals surface area contributed by atoms with E-state index < -0.39 is 0 Å². The van der Waals surface area contributed by atoms with Crippen LogP contribution >= 0.6 is 0 Å². The molecule has 0 spiro atoms. The van der Waals surface area contributed by atoms with Crippen molar-refractivity contribution in [3.05, 3.63) is 29.6 Å². The van der Waals surface area contributed by atoms with Gasteiger partial charge in [0.25, 0.3) is 0 Å². The number of nitrogen functional groups attached to an aromatic ring is 1. The van der Waals surface area contributed by atoms with Crippen molar-refractivity contribution in [2.24, 2.45) is 5.73 Å². The Morgan fingerprint density at radius 2 is 2.08 bits per heavy atom. The van der Waals surface area contributed by atoms with Gasteiger partial charge in [0.2, 0.25) is 0 Å². The van der Waals surface area contributed by atoms with Crippen LogP contribution in [0.4, 0.5) is 0 Å². The van der Waals surface area contributed by atoms with E-state index in [2.05, 4.69) is 4.98 Å². The Morgan fingerprint density at radius 3 is 2.42 bits per heavy atom. The van der Waals surface area contributed by atoms with Crippen molar-refractivity contribution in [3.63, 3.8) is 0 Å². The number of hydrogen-bond donors (Lipinski definition) is 2. The van der Waals surface area contributed by atoms with E-state index in [4.69, 9.17) is 11.1 Å². The molecule has 66 valence electrons. The first-order valence-corrected chi connectivity index (χ1v) is 3.97. The Kier molecular flexibility index (Phi) is 4.69. The predicted molar refractivity (Wildman–Crippen MR) is 51.3 cm³/mol. The molecule has 12 heavy (non-hydrogen) atoms. The second-order valence-electron chi connectivity index (χ2n) is 2.13. The van der Waals surface area contributed by atoms with Gasteiger partial charge < -0.3 is 5.73 Å². The van der Waals surface area contributed by atoms with Gasteiger partial charge in [0.1, 0.15) is 11.5 Å². The summed E-state index contributed by atoms with van der Waals surface area (Å²) in [6, 6.07) is 3.65. The number of rotatable bonds is 1. The molecular formula is C9H15N3. The third-order valence-electron chi connectivity index (χ3n) is 1.19. The monoisotopic (exact) mass is 165 g/mol. The summed E-state index contributed by atoms with van der Waals surface area (Å²) in [5, 5.41) is 7.05. The van der Waals surface area contributed by atoms with Crippen molar-refractivity contribution >= 4 is 5.84 Å². The van der Waals surface area contributed by atoms with Crippen molar-refractivity contribution < 1.29 is 0 Å². The molecule has 0 fully saturated rings. The summed E-state index contributed by atoms with van der Waals surface area (Å²) >= 11 is 0. The van der Waals surface area contributed by atoms with Gasteiger partial charge in [-0.25, -0.2) is 0 Å². The SMILES string of the molecule is CC.Cc1ccnc(C(=N)N)c1. The zero-order valence-corrected chi connectivity index (χ0v) is 7.76. The number of amidine groups is 1. The molecule has 0 aliphatic heterocycles. The third kappa shape index (κ3) is 3.14. The fourth-order valence-electron chi connectivity index (χ4n) is 0.683. The predicted octanol–water partition coefficient (Wildman–Crippen LogP) is 1.70. The molecule has 0 amide bonds. The number of nitrogens with one attached hydrogen (secondary N) is 1. The summed E-state index contributed by atoms with van der Waals surface area (Å²) in [5.41, 5.74) is 6.81. The van der Waals surface area contributed by atoms with E-state index in [0.29, 0.717) is 5.69 Å². The summed E-state index contributed by atoms with van der Waals surface area (Å²) in [5.74, 6) is 0.0173. The highest BCUT2D eigenvalue weighted by Gasteiger charge is 1.94. The van der Waals surface area contributed by atoms with Crippen LogP contribution in [0.25, 0.3) is 0 Å². The van der Waals surface area contributed by atoms with Gasteiger partial charge in [-0.1, -0.05) is 13.8 Å². The zero-order valence-electron chi connectivity index (χ0n) is 7.76. The molecule has 1 aromatic heterocycles. The molecule has 0 unspecified atom stereocenters. The highest BCUT2D eigenvalue weighted by Crippen LogP contribution is 1.97. The van der Waals surface area contributed by atoms with Crippen molar-refractivity contribution in [2.45, 2.75) is 20.8 Å². The lowest BCUT2D eigenvalue weighted by molar-refractivity contribution is 1.23. The van der Waals surface area contributed by atoms with Gasteiger partial charge in [0.15, 0.2) is 0 Å². The summed E-state index contributed by atoms with van der Waals surface area (Å²) in [6.45, 7) is 5.94. The van der Waals surface area contributed by atoms with Crippen LogP contribution in [0.5, 0.6) is 0 Å². The van der Waals surface area contributed by atoms with E-state index in [-0.39, 0.29) is 5.84 Å². The lowest BCUT2D eigenvalue weighted by atomic mass is 10.2. The Hall–Kier alpha value is -1.38. The Balaban J connectivity index is 0.000000561. The maximum atomic E-state index is 7.05. The molecule has 3 heteroatoms. The first-order chi connectivity index (χ1) is 5.70. The van der Waals surface area contributed by atoms with Gasteiger partial charge in [-0.15, -0.1) is 0 Å². The van der Waals surface area contributed by atoms with E-state index >= 15 is 0 Å². The third-order valence-corrected chi connectivity index (χ3v) is 1.19. The minimum Gasteiger partial charge on any atom is -0.382 e. The molecule has 3 N–H and O–H groups in total. The molecule has 1 rings (SSSR count). The van der Waals surface area contributed by atoms with E-state index in [0.717, 1.165) is 5.56 Å². The standard InChI is InChI=1S/C7H9N3.C2H6/c1-5-2-3-10-6(4-5)7(8)9;1-2/h2-4H,1H3,(H3,8,9);1-2H3. The molecule has 0 atom stereocenters. The number of pyridine rings is 1. The van der Waals surface area contributed by atoms with Crippen LogP contribution in [0, 0.1) is 12.3 Å². The Bertz CT molecular complexity index is 256. The van der Waals surface area contributed by atoms with Crippen molar-refractivity contribution in [1.29, 1.82) is 5.41 Å². The summed E-state index contributed by atoms with van der Waals surface area (Å²) in [4.78, 5) is 3.89. The Labute approximate surface area is 73.1 Å². The van der Waals surface area contributed by atoms with E-state index in [9.17, 15) is 0 Å². The van der Waals surface area contributed by atoms with Gasteiger partial charge in [-0.2, -0.15) is 0 Å². The highest BCUT2D eigenvalue weighted by atomic mass is 14.8. The van der Waals surface area contributed by atoms with Crippen LogP contribution in [0.2, 0.25) is 0 Å². The second kappa shape index (κ2) is 5.29. The maximum Gasteiger partial charge on any atom is 0.141 e. The molecular weight excluding hydrogens is 150 g/mol. The van der Waals surface area contributed by atoms with E-state index in [1.54, 1.807) is 12.3 Å². The van der Waals surface area contributed by atoms with Crippen LogP contribution in [0.1, 0.15) is 25.1 Å². The molecule has 3 nitrogen and oxygen atoms in total. The Morgan fingerprint density at radius 1 is 1.50 bits per heavy atom. The highest BCUT2D eigenvalue weighted by molar-refractivity contribution is 5.93. The minimum atomic E-state index is 0.0173. The van der Waals surface area contributed by atoms with Crippen LogP contribution in [-0.2, 0) is 0 Å². The number of nitrogens with zero attached hydrogens (tertiary/aromatic N) is 1. The van der Waals surface area contributed by atoms with Crippen molar-refractivity contribution in [2.75, 3.05) is 0 Å².